The number of rotatable bonds is 7. The molecule has 83 heavy (non-hydrogen) atoms. The molecule has 0 aliphatic carbocycles. The molecule has 0 fully saturated rings. The molecule has 0 radical (unpaired) electrons. The van der Waals surface area contributed by atoms with Gasteiger partial charge in [0.1, 0.15) is 0 Å². The predicted molar refractivity (Wildman–Crippen MR) is 282 cm³/mol. The van der Waals surface area contributed by atoms with Gasteiger partial charge < -0.3 is 4.57 Å². The lowest BCUT2D eigenvalue weighted by atomic mass is 9.85. The number of nitrogens with zero attached hydrogens (tertiary/aromatic N) is 1. The van der Waals surface area contributed by atoms with Crippen LogP contribution < -0.4 is 0 Å². The molecule has 0 atom stereocenters. The van der Waals surface area contributed by atoms with E-state index in [1.165, 1.54) is 54.6 Å². The second kappa shape index (κ2) is 20.2. The van der Waals surface area contributed by atoms with Crippen molar-refractivity contribution in [3.63, 3.8) is 0 Å². The fourth-order valence-corrected chi connectivity index (χ4v) is 10.4. The zero-order valence-corrected chi connectivity index (χ0v) is 43.1. The molecule has 426 valence electrons. The molecule has 0 amide bonds. The number of benzene rings is 9. The first-order chi connectivity index (χ1) is 38.5. The Morgan fingerprint density at radius 1 is 0.253 bits per heavy atom. The zero-order valence-electron chi connectivity index (χ0n) is 43.1. The summed E-state index contributed by atoms with van der Waals surface area (Å²) in [5, 5.41) is 0.714. The largest absolute Gasteiger partial charge is 0.417 e. The number of fused-ring (bicyclic) bond motifs is 3. The average Bonchev–Trinajstić information content (AvgIpc) is 2.67. The van der Waals surface area contributed by atoms with Crippen LogP contribution in [0, 0.1) is 0 Å². The van der Waals surface area contributed by atoms with Gasteiger partial charge >= 0.3 is 37.1 Å². The van der Waals surface area contributed by atoms with E-state index in [0.29, 0.717) is 51.8 Å². The van der Waals surface area contributed by atoms with Gasteiger partial charge in [-0.25, -0.2) is 0 Å². The highest BCUT2D eigenvalue weighted by atomic mass is 19.4. The van der Waals surface area contributed by atoms with Gasteiger partial charge in [0.25, 0.3) is 0 Å². The van der Waals surface area contributed by atoms with Crippen LogP contribution in [0.25, 0.3) is 94.3 Å². The summed E-state index contributed by atoms with van der Waals surface area (Å²) >= 11 is 0. The van der Waals surface area contributed by atoms with E-state index < -0.39 is 98.1 Å². The summed E-state index contributed by atoms with van der Waals surface area (Å²) < 4.78 is 262. The molecule has 19 heteroatoms. The molecule has 10 rings (SSSR count). The summed E-state index contributed by atoms with van der Waals surface area (Å²) in [6, 6.07) is 34.0. The molecule has 0 N–H and O–H groups in total. The Morgan fingerprint density at radius 2 is 0.542 bits per heavy atom. The molecule has 0 unspecified atom stereocenters. The van der Waals surface area contributed by atoms with Crippen molar-refractivity contribution in [2.75, 3.05) is 0 Å². The second-order valence-electron chi connectivity index (χ2n) is 20.8. The van der Waals surface area contributed by atoms with Crippen molar-refractivity contribution in [3.05, 3.63) is 221 Å². The van der Waals surface area contributed by atoms with Crippen LogP contribution in [0.15, 0.2) is 182 Å². The van der Waals surface area contributed by atoms with E-state index in [-0.39, 0.29) is 56.6 Å². The number of halogens is 18. The molecular formula is C64H39F18N. The van der Waals surface area contributed by atoms with E-state index in [2.05, 4.69) is 0 Å². The summed E-state index contributed by atoms with van der Waals surface area (Å²) in [4.78, 5) is 0. The average molecular weight is 1160 g/mol. The molecule has 1 heterocycles. The molecule has 0 aliphatic rings. The maximum absolute atomic E-state index is 14.7. The van der Waals surface area contributed by atoms with Gasteiger partial charge in [-0.05, 0) is 193 Å². The standard InChI is InChI=1S/C64H39F18N/c1-58(2,3)54-14-8-9-15-57(54)83-55-18-16-34(36-20-38(40-26-44(59(65,66)67)32-45(27-40)60(68,69)70)22-39(21-36)41-28-46(61(71,72)73)33-47(29-41)62(74,75)76)30-50(55)51-31-35(17-19-56(51)83)37-23-42(48-10-4-6-12-52(48)63(77,78)79)25-43(24-37)49-11-5-7-13-53(49)64(80,81)82/h4-33H,1-3H3. The molecule has 0 saturated carbocycles. The van der Waals surface area contributed by atoms with Crippen molar-refractivity contribution in [1.82, 2.24) is 4.57 Å². The summed E-state index contributed by atoms with van der Waals surface area (Å²) in [6.45, 7) is 5.84. The van der Waals surface area contributed by atoms with Crippen LogP contribution in [0.4, 0.5) is 79.0 Å². The summed E-state index contributed by atoms with van der Waals surface area (Å²) in [7, 11) is 0. The Labute approximate surface area is 460 Å². The molecule has 10 aromatic rings. The Morgan fingerprint density at radius 3 is 0.880 bits per heavy atom. The molecule has 0 spiro atoms. The predicted octanol–water partition coefficient (Wildman–Crippen LogP) is 22.2. The number of aromatic nitrogens is 1. The smallest absolute Gasteiger partial charge is 0.309 e. The zero-order chi connectivity index (χ0) is 60.1. The monoisotopic (exact) mass is 1160 g/mol. The summed E-state index contributed by atoms with van der Waals surface area (Å²) in [5.74, 6) is 0. The number of alkyl halides is 18. The molecule has 9 aromatic carbocycles. The van der Waals surface area contributed by atoms with Crippen molar-refractivity contribution in [1.29, 1.82) is 0 Å². The van der Waals surface area contributed by atoms with Gasteiger partial charge in [-0.2, -0.15) is 79.0 Å². The van der Waals surface area contributed by atoms with Crippen LogP contribution in [-0.4, -0.2) is 4.57 Å². The third-order valence-corrected chi connectivity index (χ3v) is 14.2. The van der Waals surface area contributed by atoms with E-state index in [4.69, 9.17) is 0 Å². The van der Waals surface area contributed by atoms with Crippen molar-refractivity contribution in [2.24, 2.45) is 0 Å². The number of hydrogen-bond donors (Lipinski definition) is 0. The molecule has 1 nitrogen and oxygen atoms in total. The van der Waals surface area contributed by atoms with E-state index in [1.54, 1.807) is 36.4 Å². The first kappa shape index (κ1) is 57.7. The summed E-state index contributed by atoms with van der Waals surface area (Å²) in [6.07, 6.45) is -31.3. The maximum Gasteiger partial charge on any atom is 0.417 e. The van der Waals surface area contributed by atoms with E-state index >= 15 is 0 Å². The first-order valence-electron chi connectivity index (χ1n) is 25.0. The van der Waals surface area contributed by atoms with Crippen molar-refractivity contribution in [3.8, 4) is 72.4 Å². The third-order valence-electron chi connectivity index (χ3n) is 14.2. The van der Waals surface area contributed by atoms with Crippen LogP contribution >= 0.6 is 0 Å². The highest BCUT2D eigenvalue weighted by Crippen LogP contribution is 2.48. The number of para-hydroxylation sites is 1. The highest BCUT2D eigenvalue weighted by molar-refractivity contribution is 6.12. The third kappa shape index (κ3) is 11.5. The van der Waals surface area contributed by atoms with Crippen LogP contribution in [0.1, 0.15) is 59.7 Å². The van der Waals surface area contributed by atoms with Gasteiger partial charge in [-0.1, -0.05) is 87.5 Å². The van der Waals surface area contributed by atoms with Crippen molar-refractivity contribution < 1.29 is 79.0 Å². The lowest BCUT2D eigenvalue weighted by molar-refractivity contribution is -0.144. The second-order valence-corrected chi connectivity index (χ2v) is 20.8. The molecule has 1 aromatic heterocycles. The van der Waals surface area contributed by atoms with Gasteiger partial charge in [0, 0.05) is 16.5 Å². The highest BCUT2D eigenvalue weighted by Gasteiger charge is 2.40. The quantitative estimate of drug-likeness (QED) is 0.140. The molecule has 0 saturated heterocycles. The van der Waals surface area contributed by atoms with Crippen LogP contribution in [-0.2, 0) is 42.5 Å². The normalized spacial score (nSPS) is 13.1. The Bertz CT molecular complexity index is 3920. The topological polar surface area (TPSA) is 4.93 Å². The van der Waals surface area contributed by atoms with Gasteiger partial charge in [-0.15, -0.1) is 0 Å². The number of hydrogen-bond acceptors (Lipinski definition) is 0. The maximum atomic E-state index is 14.7. The molecule has 0 bridgehead atoms. The fourth-order valence-electron chi connectivity index (χ4n) is 10.4. The molecular weight excluding hydrogens is 1120 g/mol. The molecule has 0 aliphatic heterocycles. The SMILES string of the molecule is CC(C)(C)c1ccccc1-n1c2ccc(-c3cc(-c4cc(C(F)(F)F)cc(C(F)(F)F)c4)cc(-c4cc(C(F)(F)F)cc(C(F)(F)F)c4)c3)cc2c2cc(-c3cc(-c4ccccc4C(F)(F)F)cc(-c4ccccc4C(F)(F)F)c3)ccc21. The van der Waals surface area contributed by atoms with Crippen LogP contribution in [0.2, 0.25) is 0 Å². The minimum absolute atomic E-state index is 0.0944. The van der Waals surface area contributed by atoms with E-state index in [0.717, 1.165) is 48.0 Å². The van der Waals surface area contributed by atoms with E-state index in [9.17, 15) is 79.0 Å². The lowest BCUT2D eigenvalue weighted by Gasteiger charge is -2.24. The van der Waals surface area contributed by atoms with Gasteiger partial charge in [0.15, 0.2) is 0 Å². The van der Waals surface area contributed by atoms with Gasteiger partial charge in [-0.3, -0.25) is 0 Å². The minimum Gasteiger partial charge on any atom is -0.309 e. The van der Waals surface area contributed by atoms with Crippen molar-refractivity contribution >= 4 is 21.8 Å². The van der Waals surface area contributed by atoms with Crippen LogP contribution in [0.5, 0.6) is 0 Å². The van der Waals surface area contributed by atoms with Gasteiger partial charge in [0.2, 0.25) is 0 Å². The Kier molecular flexibility index (Phi) is 14.0. The van der Waals surface area contributed by atoms with Gasteiger partial charge in [0.05, 0.1) is 44.4 Å². The van der Waals surface area contributed by atoms with Crippen molar-refractivity contribution in [2.45, 2.75) is 63.2 Å². The van der Waals surface area contributed by atoms with E-state index in [1.807, 2.05) is 37.5 Å². The lowest BCUT2D eigenvalue weighted by Crippen LogP contribution is -2.15. The Hall–Kier alpha value is -8.48. The summed E-state index contributed by atoms with van der Waals surface area (Å²) in [5.41, 5.74) is -10.3. The van der Waals surface area contributed by atoms with Crippen LogP contribution in [0.3, 0.4) is 0 Å². The minimum atomic E-state index is -5.37. The Balaban J connectivity index is 1.28. The first-order valence-corrected chi connectivity index (χ1v) is 25.0. The fraction of sp³-hybridized carbons (Fsp3) is 0.156.